The van der Waals surface area contributed by atoms with Crippen LogP contribution in [0.15, 0.2) is 0 Å². The van der Waals surface area contributed by atoms with Crippen LogP contribution in [0.3, 0.4) is 0 Å². The van der Waals surface area contributed by atoms with E-state index in [1.54, 1.807) is 0 Å². The molecule has 0 saturated carbocycles. The highest BCUT2D eigenvalue weighted by molar-refractivity contribution is 7.71. The summed E-state index contributed by atoms with van der Waals surface area (Å²) in [5.74, 6) is 0. The highest BCUT2D eigenvalue weighted by Crippen LogP contribution is 2.08. The van der Waals surface area contributed by atoms with Crippen LogP contribution in [0.25, 0.3) is 0 Å². The summed E-state index contributed by atoms with van der Waals surface area (Å²) < 4.78 is 25.1. The third-order valence-electron chi connectivity index (χ3n) is 1.23. The van der Waals surface area contributed by atoms with Crippen molar-refractivity contribution in [2.75, 3.05) is 6.61 Å². The van der Waals surface area contributed by atoms with E-state index in [1.165, 1.54) is 5.37 Å². The molecule has 52 valence electrons. The molecule has 1 aliphatic rings. The minimum absolute atomic E-state index is 0.150. The van der Waals surface area contributed by atoms with Crippen LogP contribution < -0.4 is 0 Å². The molecule has 3 nitrogen and oxygen atoms in total. The van der Waals surface area contributed by atoms with Crippen LogP contribution in [-0.4, -0.2) is 26.5 Å². The minimum Gasteiger partial charge on any atom is -0.373 e. The molecule has 0 spiro atoms. The summed E-state index contributed by atoms with van der Waals surface area (Å²) in [7, 11) is -2.06. The lowest BCUT2D eigenvalue weighted by Crippen LogP contribution is -2.05. The molecule has 0 bridgehead atoms. The molecule has 1 rings (SSSR count). The Morgan fingerprint density at radius 3 is 2.78 bits per heavy atom. The maximum absolute atomic E-state index is 10.0. The Hall–Kier alpha value is -0.350. The molecule has 9 heavy (non-hydrogen) atoms. The van der Waals surface area contributed by atoms with Gasteiger partial charge in [0.15, 0.2) is 0 Å². The standard InChI is InChI=1S/C5H8O3S/c6-9(7)4-5-2-1-3-8-5/h4-5H,1-3H2. The third-order valence-corrected chi connectivity index (χ3v) is 1.75. The van der Waals surface area contributed by atoms with Gasteiger partial charge in [0.2, 0.25) is 10.3 Å². The molecule has 1 atom stereocenters. The van der Waals surface area contributed by atoms with E-state index >= 15 is 0 Å². The van der Waals surface area contributed by atoms with Gasteiger partial charge in [0.1, 0.15) is 0 Å². The first kappa shape index (κ1) is 6.77. The van der Waals surface area contributed by atoms with Gasteiger partial charge in [-0.25, -0.2) is 0 Å². The Labute approximate surface area is 55.2 Å². The molecule has 0 aromatic carbocycles. The van der Waals surface area contributed by atoms with Crippen LogP contribution in [0.4, 0.5) is 0 Å². The highest BCUT2D eigenvalue weighted by atomic mass is 32.2. The zero-order chi connectivity index (χ0) is 6.69. The van der Waals surface area contributed by atoms with Crippen molar-refractivity contribution in [2.24, 2.45) is 0 Å². The van der Waals surface area contributed by atoms with Gasteiger partial charge in [-0.05, 0) is 12.8 Å². The van der Waals surface area contributed by atoms with Crippen LogP contribution in [0.5, 0.6) is 0 Å². The zero-order valence-electron chi connectivity index (χ0n) is 4.91. The van der Waals surface area contributed by atoms with Crippen molar-refractivity contribution < 1.29 is 13.2 Å². The smallest absolute Gasteiger partial charge is 0.212 e. The Morgan fingerprint density at radius 1 is 1.56 bits per heavy atom. The van der Waals surface area contributed by atoms with E-state index in [-0.39, 0.29) is 6.10 Å². The predicted octanol–water partition coefficient (Wildman–Crippen LogP) is -0.153. The fourth-order valence-corrected chi connectivity index (χ4v) is 1.30. The van der Waals surface area contributed by atoms with Crippen molar-refractivity contribution in [2.45, 2.75) is 18.9 Å². The van der Waals surface area contributed by atoms with Crippen molar-refractivity contribution in [1.82, 2.24) is 0 Å². The minimum atomic E-state index is -2.06. The molecule has 1 fully saturated rings. The molecule has 1 unspecified atom stereocenters. The maximum Gasteiger partial charge on any atom is 0.212 e. The summed E-state index contributed by atoms with van der Waals surface area (Å²) in [6, 6.07) is 0. The van der Waals surface area contributed by atoms with Crippen molar-refractivity contribution in [3.63, 3.8) is 0 Å². The van der Waals surface area contributed by atoms with Crippen molar-refractivity contribution >= 4 is 15.7 Å². The number of rotatable bonds is 1. The summed E-state index contributed by atoms with van der Waals surface area (Å²) in [4.78, 5) is 0. The van der Waals surface area contributed by atoms with Crippen LogP contribution in [0, 0.1) is 0 Å². The van der Waals surface area contributed by atoms with E-state index in [4.69, 9.17) is 4.74 Å². The van der Waals surface area contributed by atoms with E-state index in [0.29, 0.717) is 6.61 Å². The molecule has 4 heteroatoms. The lowest BCUT2D eigenvalue weighted by Gasteiger charge is -1.95. The second kappa shape index (κ2) is 2.98. The summed E-state index contributed by atoms with van der Waals surface area (Å²) in [5, 5.41) is 1.20. The molecule has 1 saturated heterocycles. The fraction of sp³-hybridized carbons (Fsp3) is 0.800. The Balaban J connectivity index is 2.54. The van der Waals surface area contributed by atoms with Gasteiger partial charge in [-0.3, -0.25) is 0 Å². The molecule has 0 aromatic rings. The van der Waals surface area contributed by atoms with E-state index in [9.17, 15) is 8.42 Å². The number of hydrogen-bond donors (Lipinski definition) is 0. The molecule has 0 N–H and O–H groups in total. The molecular weight excluding hydrogens is 140 g/mol. The summed E-state index contributed by atoms with van der Waals surface area (Å²) in [5.41, 5.74) is 0. The van der Waals surface area contributed by atoms with Crippen LogP contribution in [0.1, 0.15) is 12.8 Å². The summed E-state index contributed by atoms with van der Waals surface area (Å²) >= 11 is 0. The molecule has 1 aliphatic heterocycles. The van der Waals surface area contributed by atoms with Gasteiger partial charge >= 0.3 is 0 Å². The first-order valence-electron chi connectivity index (χ1n) is 2.83. The quantitative estimate of drug-likeness (QED) is 0.485. The van der Waals surface area contributed by atoms with E-state index < -0.39 is 10.3 Å². The van der Waals surface area contributed by atoms with Crippen molar-refractivity contribution in [1.29, 1.82) is 0 Å². The van der Waals surface area contributed by atoms with Crippen LogP contribution in [-0.2, 0) is 15.0 Å². The van der Waals surface area contributed by atoms with Gasteiger partial charge in [-0.15, -0.1) is 0 Å². The van der Waals surface area contributed by atoms with E-state index in [1.807, 2.05) is 0 Å². The first-order chi connectivity index (χ1) is 4.29. The number of ether oxygens (including phenoxy) is 1. The Kier molecular flexibility index (Phi) is 2.24. The molecule has 0 aromatic heterocycles. The van der Waals surface area contributed by atoms with Gasteiger partial charge in [0.25, 0.3) is 0 Å². The summed E-state index contributed by atoms with van der Waals surface area (Å²) in [6.07, 6.45) is 1.66. The van der Waals surface area contributed by atoms with Gasteiger partial charge in [0, 0.05) is 6.61 Å². The maximum atomic E-state index is 10.0. The average Bonchev–Trinajstić information content (AvgIpc) is 2.15. The lowest BCUT2D eigenvalue weighted by atomic mass is 10.3. The summed E-state index contributed by atoms with van der Waals surface area (Å²) in [6.45, 7) is 0.693. The molecular formula is C5H8O3S. The average molecular weight is 148 g/mol. The predicted molar refractivity (Wildman–Crippen MR) is 34.0 cm³/mol. The monoisotopic (exact) mass is 148 g/mol. The zero-order valence-corrected chi connectivity index (χ0v) is 5.73. The highest BCUT2D eigenvalue weighted by Gasteiger charge is 2.12. The van der Waals surface area contributed by atoms with Gasteiger partial charge in [-0.1, -0.05) is 0 Å². The first-order valence-corrected chi connectivity index (χ1v) is 3.97. The molecule has 0 aliphatic carbocycles. The number of hydrogen-bond acceptors (Lipinski definition) is 3. The third kappa shape index (κ3) is 2.15. The second-order valence-corrected chi connectivity index (χ2v) is 2.74. The SMILES string of the molecule is O=S(=O)=CC1CCCO1. The van der Waals surface area contributed by atoms with Gasteiger partial charge in [-0.2, -0.15) is 8.42 Å². The second-order valence-electron chi connectivity index (χ2n) is 1.95. The fourth-order valence-electron chi connectivity index (χ4n) is 0.834. The molecule has 0 radical (unpaired) electrons. The van der Waals surface area contributed by atoms with E-state index in [2.05, 4.69) is 0 Å². The lowest BCUT2D eigenvalue weighted by molar-refractivity contribution is 0.163. The van der Waals surface area contributed by atoms with Crippen LogP contribution >= 0.6 is 0 Å². The largest absolute Gasteiger partial charge is 0.373 e. The Morgan fingerprint density at radius 2 is 2.33 bits per heavy atom. The van der Waals surface area contributed by atoms with E-state index in [0.717, 1.165) is 12.8 Å². The van der Waals surface area contributed by atoms with Crippen molar-refractivity contribution in [3.8, 4) is 0 Å². The van der Waals surface area contributed by atoms with Gasteiger partial charge in [0.05, 0.1) is 11.5 Å². The topological polar surface area (TPSA) is 43.4 Å². The van der Waals surface area contributed by atoms with Crippen LogP contribution in [0.2, 0.25) is 0 Å². The molecule has 1 heterocycles. The molecule has 0 amide bonds. The normalized spacial score (nSPS) is 26.0. The Bertz CT molecular complexity index is 190. The van der Waals surface area contributed by atoms with Crippen molar-refractivity contribution in [3.05, 3.63) is 0 Å². The van der Waals surface area contributed by atoms with Gasteiger partial charge < -0.3 is 4.74 Å².